The van der Waals surface area contributed by atoms with Crippen LogP contribution in [0.4, 0.5) is 0 Å². The molecule has 4 nitrogen and oxygen atoms in total. The van der Waals surface area contributed by atoms with Crippen molar-refractivity contribution < 1.29 is 4.79 Å². The van der Waals surface area contributed by atoms with Gasteiger partial charge in [0, 0.05) is 18.5 Å². The van der Waals surface area contributed by atoms with Gasteiger partial charge in [0.15, 0.2) is 10.9 Å². The molecule has 2 aliphatic carbocycles. The zero-order valence-corrected chi connectivity index (χ0v) is 14.4. The smallest absolute Gasteiger partial charge is 0.191 e. The first kappa shape index (κ1) is 14.9. The molecule has 0 spiro atoms. The summed E-state index contributed by atoms with van der Waals surface area (Å²) in [7, 11) is 2.00. The van der Waals surface area contributed by atoms with E-state index in [-0.39, 0.29) is 11.0 Å². The van der Waals surface area contributed by atoms with Crippen molar-refractivity contribution >= 4 is 17.5 Å². The molecule has 1 atom stereocenters. The van der Waals surface area contributed by atoms with Gasteiger partial charge in [-0.05, 0) is 56.2 Å². The summed E-state index contributed by atoms with van der Waals surface area (Å²) >= 11 is 1.51. The molecule has 1 aromatic heterocycles. The first-order valence-electron chi connectivity index (χ1n) is 8.35. The molecule has 0 bridgehead atoms. The number of carbonyl (C=O) groups excluding carboxylic acids is 1. The van der Waals surface area contributed by atoms with E-state index in [0.29, 0.717) is 5.92 Å². The average Bonchev–Trinajstić information content (AvgIpc) is 3.18. The maximum atomic E-state index is 12.7. The van der Waals surface area contributed by atoms with Crippen molar-refractivity contribution in [2.75, 3.05) is 0 Å². The predicted molar refractivity (Wildman–Crippen MR) is 91.1 cm³/mol. The third-order valence-corrected chi connectivity index (χ3v) is 5.98. The Labute approximate surface area is 140 Å². The summed E-state index contributed by atoms with van der Waals surface area (Å²) in [6.07, 6.45) is 5.88. The summed E-state index contributed by atoms with van der Waals surface area (Å²) in [5.74, 6) is 1.81. The standard InChI is InChI=1S/C18H21N3OS/c1-11(23-18-20-19-17(21(18)2)13-7-8-13)16(22)15-9-6-12-4-3-5-14(12)10-15/h6,9-11,13H,3-5,7-8H2,1-2H3/t11-/m0/s1. The van der Waals surface area contributed by atoms with Gasteiger partial charge in [0.1, 0.15) is 5.82 Å². The van der Waals surface area contributed by atoms with E-state index in [0.717, 1.165) is 29.4 Å². The largest absolute Gasteiger partial charge is 0.309 e. The number of ketones is 1. The number of nitrogens with zero attached hydrogens (tertiary/aromatic N) is 3. The second-order valence-electron chi connectivity index (χ2n) is 6.64. The average molecular weight is 327 g/mol. The van der Waals surface area contributed by atoms with Gasteiger partial charge >= 0.3 is 0 Å². The van der Waals surface area contributed by atoms with Crippen LogP contribution in [0.1, 0.15) is 59.4 Å². The first-order chi connectivity index (χ1) is 11.1. The molecule has 0 amide bonds. The normalized spacial score (nSPS) is 18.0. The summed E-state index contributed by atoms with van der Waals surface area (Å²) in [4.78, 5) is 12.7. The lowest BCUT2D eigenvalue weighted by Gasteiger charge is -2.11. The van der Waals surface area contributed by atoms with E-state index in [4.69, 9.17) is 0 Å². The lowest BCUT2D eigenvalue weighted by molar-refractivity contribution is 0.0993. The van der Waals surface area contributed by atoms with E-state index in [9.17, 15) is 4.79 Å². The zero-order valence-electron chi connectivity index (χ0n) is 13.6. The van der Waals surface area contributed by atoms with Crippen LogP contribution in [0.5, 0.6) is 0 Å². The van der Waals surface area contributed by atoms with Gasteiger partial charge in [-0.1, -0.05) is 23.9 Å². The van der Waals surface area contributed by atoms with Gasteiger partial charge in [-0.2, -0.15) is 0 Å². The van der Waals surface area contributed by atoms with Gasteiger partial charge in [0.05, 0.1) is 5.25 Å². The SMILES string of the molecule is C[C@H](Sc1nnc(C2CC2)n1C)C(=O)c1ccc2c(c1)CCC2. The fourth-order valence-electron chi connectivity index (χ4n) is 3.30. The van der Waals surface area contributed by atoms with Crippen molar-refractivity contribution in [1.29, 1.82) is 0 Å². The van der Waals surface area contributed by atoms with Crippen LogP contribution < -0.4 is 0 Å². The molecule has 4 rings (SSSR count). The lowest BCUT2D eigenvalue weighted by atomic mass is 10.0. The Morgan fingerprint density at radius 3 is 2.83 bits per heavy atom. The summed E-state index contributed by atoms with van der Waals surface area (Å²) in [6, 6.07) is 6.20. The molecule has 0 unspecified atom stereocenters. The zero-order chi connectivity index (χ0) is 16.0. The maximum Gasteiger partial charge on any atom is 0.191 e. The van der Waals surface area contributed by atoms with E-state index < -0.39 is 0 Å². The van der Waals surface area contributed by atoms with Crippen molar-refractivity contribution in [3.63, 3.8) is 0 Å². The highest BCUT2D eigenvalue weighted by Crippen LogP contribution is 2.40. The van der Waals surface area contributed by atoms with Crippen LogP contribution >= 0.6 is 11.8 Å². The summed E-state index contributed by atoms with van der Waals surface area (Å²) in [5, 5.41) is 9.26. The van der Waals surface area contributed by atoms with Crippen LogP contribution in [0.25, 0.3) is 0 Å². The van der Waals surface area contributed by atoms with Crippen LogP contribution in [-0.4, -0.2) is 25.8 Å². The van der Waals surface area contributed by atoms with Gasteiger partial charge in [-0.3, -0.25) is 4.79 Å². The third kappa shape index (κ3) is 2.82. The molecule has 120 valence electrons. The van der Waals surface area contributed by atoms with E-state index in [1.54, 1.807) is 0 Å². The monoisotopic (exact) mass is 327 g/mol. The van der Waals surface area contributed by atoms with E-state index in [1.807, 2.05) is 20.0 Å². The van der Waals surface area contributed by atoms with Gasteiger partial charge in [0.25, 0.3) is 0 Å². The van der Waals surface area contributed by atoms with Crippen LogP contribution in [0, 0.1) is 0 Å². The van der Waals surface area contributed by atoms with Crippen molar-refractivity contribution in [2.45, 2.75) is 55.4 Å². The minimum atomic E-state index is -0.149. The Hall–Kier alpha value is -1.62. The number of carbonyl (C=O) groups is 1. The Kier molecular flexibility index (Phi) is 3.76. The van der Waals surface area contributed by atoms with Crippen molar-refractivity contribution in [3.8, 4) is 0 Å². The Morgan fingerprint density at radius 1 is 1.26 bits per heavy atom. The minimum absolute atomic E-state index is 0.149. The minimum Gasteiger partial charge on any atom is -0.309 e. The van der Waals surface area contributed by atoms with Crippen LogP contribution in [0.2, 0.25) is 0 Å². The molecule has 1 saturated carbocycles. The van der Waals surface area contributed by atoms with E-state index in [1.165, 1.54) is 42.2 Å². The Bertz CT molecular complexity index is 764. The highest BCUT2D eigenvalue weighted by Gasteiger charge is 2.30. The third-order valence-electron chi connectivity index (χ3n) is 4.85. The molecule has 0 aliphatic heterocycles. The van der Waals surface area contributed by atoms with Crippen molar-refractivity contribution in [1.82, 2.24) is 14.8 Å². The van der Waals surface area contributed by atoms with Gasteiger partial charge < -0.3 is 4.57 Å². The molecule has 0 radical (unpaired) electrons. The fraction of sp³-hybridized carbons (Fsp3) is 0.500. The fourth-order valence-corrected chi connectivity index (χ4v) is 4.20. The number of hydrogen-bond acceptors (Lipinski definition) is 4. The molecule has 1 heterocycles. The number of rotatable bonds is 5. The number of Topliss-reactive ketones (excluding diaryl/α,β-unsaturated/α-hetero) is 1. The van der Waals surface area contributed by atoms with Crippen LogP contribution in [-0.2, 0) is 19.9 Å². The second-order valence-corrected chi connectivity index (χ2v) is 7.94. The van der Waals surface area contributed by atoms with E-state index in [2.05, 4.69) is 26.9 Å². The highest BCUT2D eigenvalue weighted by atomic mass is 32.2. The quantitative estimate of drug-likeness (QED) is 0.622. The number of hydrogen-bond donors (Lipinski definition) is 0. The topological polar surface area (TPSA) is 47.8 Å². The van der Waals surface area contributed by atoms with Gasteiger partial charge in [-0.15, -0.1) is 10.2 Å². The number of thioether (sulfide) groups is 1. The number of benzene rings is 1. The molecule has 0 N–H and O–H groups in total. The second kappa shape index (κ2) is 5.78. The van der Waals surface area contributed by atoms with Crippen molar-refractivity contribution in [2.24, 2.45) is 7.05 Å². The maximum absolute atomic E-state index is 12.7. The van der Waals surface area contributed by atoms with E-state index >= 15 is 0 Å². The van der Waals surface area contributed by atoms with Crippen LogP contribution in [0.15, 0.2) is 23.4 Å². The molecule has 23 heavy (non-hydrogen) atoms. The summed E-state index contributed by atoms with van der Waals surface area (Å²) < 4.78 is 2.05. The molecule has 5 heteroatoms. The molecular formula is C18H21N3OS. The van der Waals surface area contributed by atoms with Crippen molar-refractivity contribution in [3.05, 3.63) is 40.7 Å². The van der Waals surface area contributed by atoms with Crippen LogP contribution in [0.3, 0.4) is 0 Å². The molecule has 0 saturated heterocycles. The first-order valence-corrected chi connectivity index (χ1v) is 9.23. The summed E-state index contributed by atoms with van der Waals surface area (Å²) in [6.45, 7) is 1.96. The Morgan fingerprint density at radius 2 is 2.04 bits per heavy atom. The molecule has 2 aliphatic rings. The van der Waals surface area contributed by atoms with Gasteiger partial charge in [0.2, 0.25) is 0 Å². The summed E-state index contributed by atoms with van der Waals surface area (Å²) in [5.41, 5.74) is 3.59. The molecule has 1 fully saturated rings. The lowest BCUT2D eigenvalue weighted by Crippen LogP contribution is -2.15. The Balaban J connectivity index is 1.50. The molecule has 2 aromatic rings. The predicted octanol–water partition coefficient (Wildman–Crippen LogP) is 3.54. The molecule has 1 aromatic carbocycles. The molecular weight excluding hydrogens is 306 g/mol. The highest BCUT2D eigenvalue weighted by molar-refractivity contribution is 8.00. The number of fused-ring (bicyclic) bond motifs is 1. The number of aryl methyl sites for hydroxylation is 2. The number of aromatic nitrogens is 3. The van der Waals surface area contributed by atoms with Gasteiger partial charge in [-0.25, -0.2) is 0 Å².